The van der Waals surface area contributed by atoms with Gasteiger partial charge in [-0.15, -0.1) is 0 Å². The number of carbonyl (C=O) groups is 1. The summed E-state index contributed by atoms with van der Waals surface area (Å²) in [4.78, 5) is 18.1. The molecule has 0 saturated carbocycles. The molecule has 1 N–H and O–H groups in total. The summed E-state index contributed by atoms with van der Waals surface area (Å²) >= 11 is 6.28. The Morgan fingerprint density at radius 2 is 1.68 bits per heavy atom. The third-order valence-corrected chi connectivity index (χ3v) is 2.61. The summed E-state index contributed by atoms with van der Waals surface area (Å²) in [5.41, 5.74) is 0. The van der Waals surface area contributed by atoms with E-state index in [1.807, 2.05) is 0 Å². The van der Waals surface area contributed by atoms with E-state index in [1.54, 1.807) is 24.3 Å². The minimum absolute atomic E-state index is 0.188. The first-order valence-electron chi connectivity index (χ1n) is 5.08. The molecule has 19 heavy (non-hydrogen) atoms. The monoisotopic (exact) mass is 388 g/mol. The molecule has 0 aliphatic heterocycles. The molecule has 0 aromatic carbocycles. The first kappa shape index (κ1) is 15.6. The van der Waals surface area contributed by atoms with Gasteiger partial charge in [0.15, 0.2) is 0 Å². The SMILES string of the molecule is CC(=O)Oc1ccc(Br)nc1.Oc1ccc(Br)nc1. The molecule has 0 aliphatic rings. The molecule has 100 valence electrons. The van der Waals surface area contributed by atoms with Crippen LogP contribution in [0.15, 0.2) is 45.9 Å². The number of hydrogen-bond acceptors (Lipinski definition) is 5. The number of ether oxygens (including phenoxy) is 1. The molecule has 5 nitrogen and oxygen atoms in total. The Morgan fingerprint density at radius 1 is 1.11 bits per heavy atom. The van der Waals surface area contributed by atoms with Gasteiger partial charge < -0.3 is 9.84 Å². The summed E-state index contributed by atoms with van der Waals surface area (Å²) in [6.07, 6.45) is 2.86. The van der Waals surface area contributed by atoms with Crippen molar-refractivity contribution in [3.8, 4) is 11.5 Å². The third kappa shape index (κ3) is 6.88. The maximum Gasteiger partial charge on any atom is 0.308 e. The molecule has 7 heteroatoms. The van der Waals surface area contributed by atoms with Crippen molar-refractivity contribution in [1.29, 1.82) is 0 Å². The van der Waals surface area contributed by atoms with Crippen LogP contribution in [0.4, 0.5) is 0 Å². The number of esters is 1. The Morgan fingerprint density at radius 3 is 2.05 bits per heavy atom. The summed E-state index contributed by atoms with van der Waals surface area (Å²) < 4.78 is 6.19. The smallest absolute Gasteiger partial charge is 0.308 e. The number of pyridine rings is 2. The van der Waals surface area contributed by atoms with Crippen LogP contribution in [-0.2, 0) is 4.79 Å². The highest BCUT2D eigenvalue weighted by Crippen LogP contribution is 2.12. The van der Waals surface area contributed by atoms with Crippen LogP contribution < -0.4 is 4.74 Å². The highest BCUT2D eigenvalue weighted by atomic mass is 79.9. The van der Waals surface area contributed by atoms with E-state index in [0.29, 0.717) is 10.4 Å². The topological polar surface area (TPSA) is 72.3 Å². The average Bonchev–Trinajstić information content (AvgIpc) is 2.36. The van der Waals surface area contributed by atoms with E-state index in [9.17, 15) is 4.79 Å². The molecule has 0 atom stereocenters. The normalized spacial score (nSPS) is 9.21. The standard InChI is InChI=1S/C7H6BrNO2.C5H4BrNO/c1-5(10)11-6-2-3-7(8)9-4-6;6-5-2-1-4(8)3-7-5/h2-4H,1H3;1-3,8H. The van der Waals surface area contributed by atoms with Crippen molar-refractivity contribution < 1.29 is 14.6 Å². The number of halogens is 2. The second-order valence-electron chi connectivity index (χ2n) is 3.25. The van der Waals surface area contributed by atoms with E-state index in [2.05, 4.69) is 41.8 Å². The lowest BCUT2D eigenvalue weighted by molar-refractivity contribution is -0.131. The fourth-order valence-corrected chi connectivity index (χ4v) is 1.43. The van der Waals surface area contributed by atoms with Crippen LogP contribution in [0, 0.1) is 0 Å². The van der Waals surface area contributed by atoms with Gasteiger partial charge in [0.1, 0.15) is 20.7 Å². The number of nitrogens with zero attached hydrogens (tertiary/aromatic N) is 2. The third-order valence-electron chi connectivity index (χ3n) is 1.67. The molecule has 2 heterocycles. The maximum atomic E-state index is 10.4. The Kier molecular flexibility index (Phi) is 6.44. The molecular weight excluding hydrogens is 380 g/mol. The van der Waals surface area contributed by atoms with Crippen molar-refractivity contribution in [2.45, 2.75) is 6.92 Å². The molecule has 0 amide bonds. The first-order chi connectivity index (χ1) is 8.97. The van der Waals surface area contributed by atoms with E-state index in [1.165, 1.54) is 19.3 Å². The van der Waals surface area contributed by atoms with Gasteiger partial charge in [-0.3, -0.25) is 4.79 Å². The van der Waals surface area contributed by atoms with E-state index < -0.39 is 0 Å². The Hall–Kier alpha value is -1.47. The number of carbonyl (C=O) groups excluding carboxylic acids is 1. The van der Waals surface area contributed by atoms with Gasteiger partial charge in [0.05, 0.1) is 12.4 Å². The molecule has 0 aliphatic carbocycles. The molecular formula is C12H10Br2N2O3. The first-order valence-corrected chi connectivity index (χ1v) is 6.66. The summed E-state index contributed by atoms with van der Waals surface area (Å²) in [7, 11) is 0. The second-order valence-corrected chi connectivity index (χ2v) is 4.87. The van der Waals surface area contributed by atoms with Crippen LogP contribution in [0.3, 0.4) is 0 Å². The second kappa shape index (κ2) is 7.85. The molecule has 0 unspecified atom stereocenters. The number of aromatic hydroxyl groups is 1. The lowest BCUT2D eigenvalue weighted by Gasteiger charge is -1.98. The highest BCUT2D eigenvalue weighted by molar-refractivity contribution is 9.10. The molecule has 0 bridgehead atoms. The number of rotatable bonds is 1. The van der Waals surface area contributed by atoms with Crippen molar-refractivity contribution in [3.05, 3.63) is 45.9 Å². The maximum absolute atomic E-state index is 10.4. The van der Waals surface area contributed by atoms with E-state index in [0.717, 1.165) is 4.60 Å². The largest absolute Gasteiger partial charge is 0.506 e. The van der Waals surface area contributed by atoms with Crippen LogP contribution in [-0.4, -0.2) is 21.0 Å². The van der Waals surface area contributed by atoms with E-state index in [-0.39, 0.29) is 11.7 Å². The Balaban J connectivity index is 0.000000200. The predicted molar refractivity (Wildman–Crippen MR) is 76.8 cm³/mol. The molecule has 2 aromatic rings. The minimum atomic E-state index is -0.339. The van der Waals surface area contributed by atoms with Gasteiger partial charge in [0.25, 0.3) is 0 Å². The van der Waals surface area contributed by atoms with Crippen LogP contribution in [0.5, 0.6) is 11.5 Å². The van der Waals surface area contributed by atoms with Crippen molar-refractivity contribution in [3.63, 3.8) is 0 Å². The number of hydrogen-bond donors (Lipinski definition) is 1. The van der Waals surface area contributed by atoms with Crippen LogP contribution in [0.1, 0.15) is 6.92 Å². The summed E-state index contributed by atoms with van der Waals surface area (Å²) in [6.45, 7) is 1.35. The van der Waals surface area contributed by atoms with Gasteiger partial charge in [-0.05, 0) is 56.1 Å². The van der Waals surface area contributed by atoms with Gasteiger partial charge >= 0.3 is 5.97 Å². The van der Waals surface area contributed by atoms with Crippen molar-refractivity contribution in [2.24, 2.45) is 0 Å². The molecule has 0 spiro atoms. The summed E-state index contributed by atoms with van der Waals surface area (Å²) in [6, 6.07) is 6.61. The van der Waals surface area contributed by atoms with E-state index >= 15 is 0 Å². The fraction of sp³-hybridized carbons (Fsp3) is 0.0833. The van der Waals surface area contributed by atoms with Gasteiger partial charge in [0.2, 0.25) is 0 Å². The minimum Gasteiger partial charge on any atom is -0.506 e. The van der Waals surface area contributed by atoms with Crippen LogP contribution >= 0.6 is 31.9 Å². The summed E-state index contributed by atoms with van der Waals surface area (Å²) in [5, 5.41) is 8.67. The van der Waals surface area contributed by atoms with Gasteiger partial charge in [-0.1, -0.05) is 0 Å². The van der Waals surface area contributed by atoms with Gasteiger partial charge in [0, 0.05) is 6.92 Å². The Bertz CT molecular complexity index is 509. The van der Waals surface area contributed by atoms with E-state index in [4.69, 9.17) is 9.84 Å². The summed E-state index contributed by atoms with van der Waals surface area (Å²) in [5.74, 6) is 0.308. The van der Waals surface area contributed by atoms with Gasteiger partial charge in [-0.25, -0.2) is 9.97 Å². The number of aromatic nitrogens is 2. The van der Waals surface area contributed by atoms with Crippen molar-refractivity contribution >= 4 is 37.8 Å². The van der Waals surface area contributed by atoms with Crippen LogP contribution in [0.2, 0.25) is 0 Å². The highest BCUT2D eigenvalue weighted by Gasteiger charge is 1.96. The van der Waals surface area contributed by atoms with Crippen molar-refractivity contribution in [2.75, 3.05) is 0 Å². The zero-order chi connectivity index (χ0) is 14.3. The molecule has 2 rings (SSSR count). The van der Waals surface area contributed by atoms with Crippen molar-refractivity contribution in [1.82, 2.24) is 9.97 Å². The predicted octanol–water partition coefficient (Wildman–Crippen LogP) is 3.32. The zero-order valence-corrected chi connectivity index (χ0v) is 13.1. The van der Waals surface area contributed by atoms with Gasteiger partial charge in [-0.2, -0.15) is 0 Å². The fourth-order valence-electron chi connectivity index (χ4n) is 0.957. The Labute approximate surface area is 126 Å². The molecule has 2 aromatic heterocycles. The quantitative estimate of drug-likeness (QED) is 0.598. The molecule has 0 radical (unpaired) electrons. The average molecular weight is 390 g/mol. The lowest BCUT2D eigenvalue weighted by Crippen LogP contribution is -2.01. The van der Waals surface area contributed by atoms with Crippen LogP contribution in [0.25, 0.3) is 0 Å². The zero-order valence-electron chi connectivity index (χ0n) is 9.88. The molecule has 0 saturated heterocycles. The lowest BCUT2D eigenvalue weighted by atomic mass is 10.5. The molecule has 0 fully saturated rings.